The van der Waals surface area contributed by atoms with Crippen molar-refractivity contribution in [2.24, 2.45) is 10.2 Å². The van der Waals surface area contributed by atoms with Crippen molar-refractivity contribution in [1.82, 2.24) is 9.80 Å². The first kappa shape index (κ1) is 34.0. The molecule has 2 saturated heterocycles. The number of hydrogen-bond acceptors (Lipinski definition) is 10. The van der Waals surface area contributed by atoms with Crippen molar-refractivity contribution in [3.05, 3.63) is 71.8 Å². The van der Waals surface area contributed by atoms with E-state index in [1.165, 1.54) is 0 Å². The number of benzene rings is 2. The van der Waals surface area contributed by atoms with Gasteiger partial charge in [0.15, 0.2) is 35.2 Å². The van der Waals surface area contributed by atoms with Crippen LogP contribution in [0.3, 0.4) is 0 Å². The molecule has 4 heterocycles. The van der Waals surface area contributed by atoms with Crippen LogP contribution >= 0.6 is 24.8 Å². The van der Waals surface area contributed by atoms with Crippen LogP contribution in [0.4, 0.5) is 0 Å². The van der Waals surface area contributed by atoms with Gasteiger partial charge in [-0.2, -0.15) is 10.2 Å². The average Bonchev–Trinajstić information content (AvgIpc) is 3.61. The van der Waals surface area contributed by atoms with Crippen LogP contribution in [-0.4, -0.2) is 103 Å². The average molecular weight is 724 g/mol. The smallest absolute Gasteiger partial charge is 0.166 e. The van der Waals surface area contributed by atoms with Crippen LogP contribution in [0.1, 0.15) is 60.8 Å². The largest absolute Gasteiger partial charge is 0.504 e. The lowest BCUT2D eigenvalue weighted by molar-refractivity contribution is -0.164. The summed E-state index contributed by atoms with van der Waals surface area (Å²) in [5, 5.41) is 57.4. The van der Waals surface area contributed by atoms with Crippen molar-refractivity contribution in [2.45, 2.75) is 97.7 Å². The third kappa shape index (κ3) is 3.75. The van der Waals surface area contributed by atoms with Crippen LogP contribution in [0.2, 0.25) is 0 Å². The summed E-state index contributed by atoms with van der Waals surface area (Å²) in [7, 11) is 0. The number of rotatable bonds is 5. The maximum atomic E-state index is 12.7. The Labute approximate surface area is 304 Å². The lowest BCUT2D eigenvalue weighted by Gasteiger charge is -2.63. The summed E-state index contributed by atoms with van der Waals surface area (Å²) in [4.78, 5) is 4.68. The van der Waals surface area contributed by atoms with Gasteiger partial charge in [-0.3, -0.25) is 9.80 Å². The molecule has 12 heteroatoms. The highest BCUT2D eigenvalue weighted by atomic mass is 35.5. The highest BCUT2D eigenvalue weighted by Crippen LogP contribution is 2.66. The molecule has 4 fully saturated rings. The van der Waals surface area contributed by atoms with Gasteiger partial charge in [0.1, 0.15) is 0 Å². The Bertz CT molecular complexity index is 1750. The molecule has 4 N–H and O–H groups in total. The molecule has 2 spiro atoms. The van der Waals surface area contributed by atoms with E-state index in [0.29, 0.717) is 76.0 Å². The van der Waals surface area contributed by atoms with Crippen molar-refractivity contribution in [3.8, 4) is 23.0 Å². The Morgan fingerprint density at radius 3 is 1.52 bits per heavy atom. The molecule has 10 rings (SSSR count). The molecular formula is C38H44Cl2N4O6. The number of ether oxygens (including phenoxy) is 2. The van der Waals surface area contributed by atoms with Crippen molar-refractivity contribution in [2.75, 3.05) is 26.2 Å². The molecule has 2 saturated carbocycles. The van der Waals surface area contributed by atoms with Crippen molar-refractivity contribution in [1.29, 1.82) is 0 Å². The Kier molecular flexibility index (Phi) is 7.61. The molecule has 0 unspecified atom stereocenters. The Morgan fingerprint density at radius 1 is 0.700 bits per heavy atom. The minimum atomic E-state index is -1.06. The first-order valence-corrected chi connectivity index (χ1v) is 17.5. The van der Waals surface area contributed by atoms with E-state index < -0.39 is 34.2 Å². The highest BCUT2D eigenvalue weighted by molar-refractivity contribution is 5.98. The van der Waals surface area contributed by atoms with Crippen LogP contribution in [0.25, 0.3) is 0 Å². The monoisotopic (exact) mass is 722 g/mol. The first-order chi connectivity index (χ1) is 23.2. The fourth-order valence-electron chi connectivity index (χ4n) is 12.0. The van der Waals surface area contributed by atoms with Gasteiger partial charge in [-0.05, 0) is 74.6 Å². The maximum Gasteiger partial charge on any atom is 0.166 e. The molecule has 10 nitrogen and oxygen atoms in total. The van der Waals surface area contributed by atoms with Gasteiger partial charge < -0.3 is 29.9 Å². The minimum absolute atomic E-state index is 0. The molecular weight excluding hydrogens is 679 g/mol. The molecule has 2 aromatic carbocycles. The quantitative estimate of drug-likeness (QED) is 0.268. The Balaban J connectivity index is 0.00000180. The summed E-state index contributed by atoms with van der Waals surface area (Å²) in [5.41, 5.74) is 1.99. The molecule has 266 valence electrons. The van der Waals surface area contributed by atoms with Gasteiger partial charge >= 0.3 is 0 Å². The highest BCUT2D eigenvalue weighted by Gasteiger charge is 2.74. The number of likely N-dealkylation sites (tertiary alicyclic amines) is 2. The minimum Gasteiger partial charge on any atom is -0.504 e. The van der Waals surface area contributed by atoms with Crippen LogP contribution in [0.15, 0.2) is 59.8 Å². The van der Waals surface area contributed by atoms with Crippen LogP contribution < -0.4 is 9.47 Å². The third-order valence-electron chi connectivity index (χ3n) is 13.8. The molecule has 8 atom stereocenters. The number of piperidine rings is 2. The van der Waals surface area contributed by atoms with E-state index in [4.69, 9.17) is 19.7 Å². The van der Waals surface area contributed by atoms with Gasteiger partial charge in [0, 0.05) is 49.4 Å². The first-order valence-electron chi connectivity index (χ1n) is 17.5. The van der Waals surface area contributed by atoms with Crippen LogP contribution in [0, 0.1) is 0 Å². The fourth-order valence-corrected chi connectivity index (χ4v) is 12.0. The predicted octanol–water partition coefficient (Wildman–Crippen LogP) is 4.12. The molecule has 4 bridgehead atoms. The number of halogens is 2. The van der Waals surface area contributed by atoms with Crippen molar-refractivity contribution in [3.63, 3.8) is 0 Å². The fraction of sp³-hybridized carbons (Fsp3) is 0.526. The number of phenolic OH excluding ortho intramolecular Hbond substituents is 2. The van der Waals surface area contributed by atoms with Gasteiger partial charge in [0.05, 0.1) is 33.5 Å². The summed E-state index contributed by atoms with van der Waals surface area (Å²) in [5.74, 6) is 1.11. The lowest BCUT2D eigenvalue weighted by atomic mass is 9.48. The van der Waals surface area contributed by atoms with Gasteiger partial charge in [0.25, 0.3) is 0 Å². The standard InChI is InChI=1S/C38H42N4O6.2ClH/c1-3-15-41-17-13-35-29-21-5-7-25(43)31(29)47-33(35)23(9-11-37(35,45)27(41)19-21)39-40-24-10-12-38(46)28-20-22-6-8-26(44)32-30(22)36(38,34(24)48-32)14-18-42(28)16-4-2;;/h3-8,27-28,33-34,43-46H,1-2,9-20H2;2*1H/b39-23+,40-24?;;/t27-,28-,33-,34-,35+,36+,37-,38-;;/m1../s1. The Morgan fingerprint density at radius 2 is 1.12 bits per heavy atom. The van der Waals surface area contributed by atoms with E-state index >= 15 is 0 Å². The zero-order valence-electron chi connectivity index (χ0n) is 27.9. The third-order valence-corrected chi connectivity index (χ3v) is 13.8. The summed E-state index contributed by atoms with van der Waals surface area (Å²) in [6, 6.07) is 7.18. The zero-order chi connectivity index (χ0) is 32.8. The maximum absolute atomic E-state index is 12.7. The van der Waals surface area contributed by atoms with Gasteiger partial charge in [-0.1, -0.05) is 24.3 Å². The van der Waals surface area contributed by atoms with Gasteiger partial charge in [-0.25, -0.2) is 0 Å². The second-order valence-corrected chi connectivity index (χ2v) is 15.4. The summed E-state index contributed by atoms with van der Waals surface area (Å²) >= 11 is 0. The van der Waals surface area contributed by atoms with Crippen LogP contribution in [-0.2, 0) is 23.7 Å². The zero-order valence-corrected chi connectivity index (χ0v) is 29.5. The number of aromatic hydroxyl groups is 2. The van der Waals surface area contributed by atoms with E-state index in [9.17, 15) is 20.4 Å². The lowest BCUT2D eigenvalue weighted by Crippen LogP contribution is -2.76. The van der Waals surface area contributed by atoms with E-state index in [2.05, 4.69) is 23.0 Å². The van der Waals surface area contributed by atoms with E-state index in [-0.39, 0.29) is 48.4 Å². The second-order valence-electron chi connectivity index (χ2n) is 15.4. The number of phenols is 2. The van der Waals surface area contributed by atoms with Gasteiger partial charge in [-0.15, -0.1) is 38.0 Å². The summed E-state index contributed by atoms with van der Waals surface area (Å²) in [6.45, 7) is 10.9. The molecule has 2 aromatic rings. The molecule has 0 aromatic heterocycles. The molecule has 0 amide bonds. The van der Waals surface area contributed by atoms with E-state index in [1.807, 2.05) is 24.3 Å². The SMILES string of the molecule is C=CCN1CC[C@]23c4c5ccc(O)c4O[C@@H]2C(=N/N=C2\CC[C@@]4(O)[C@H]6Cc7ccc(O)c8c7[C@@]4(CCN6CC=C)[C@@H]2O8)CC[C@@]3(O)[C@H]1C5.Cl.Cl. The number of hydrogen-bond donors (Lipinski definition) is 4. The number of nitrogens with zero attached hydrogens (tertiary/aromatic N) is 4. The van der Waals surface area contributed by atoms with E-state index in [0.717, 1.165) is 46.8 Å². The normalized spacial score (nSPS) is 39.7. The van der Waals surface area contributed by atoms with E-state index in [1.54, 1.807) is 12.1 Å². The van der Waals surface area contributed by atoms with Crippen LogP contribution in [0.5, 0.6) is 23.0 Å². The molecule has 8 aliphatic rings. The number of aliphatic hydroxyl groups is 2. The topological polar surface area (TPSA) is 131 Å². The van der Waals surface area contributed by atoms with Gasteiger partial charge in [0.2, 0.25) is 0 Å². The Hall–Kier alpha value is -3.12. The molecule has 50 heavy (non-hydrogen) atoms. The molecule has 4 aliphatic heterocycles. The summed E-state index contributed by atoms with van der Waals surface area (Å²) in [6.07, 6.45) is 7.42. The molecule has 0 radical (unpaired) electrons. The second kappa shape index (κ2) is 11.2. The predicted molar refractivity (Wildman–Crippen MR) is 194 cm³/mol. The summed E-state index contributed by atoms with van der Waals surface area (Å²) < 4.78 is 13.3. The van der Waals surface area contributed by atoms with Crippen molar-refractivity contribution < 1.29 is 29.9 Å². The van der Waals surface area contributed by atoms with Crippen molar-refractivity contribution >= 4 is 36.2 Å². The molecule has 4 aliphatic carbocycles.